The highest BCUT2D eigenvalue weighted by Gasteiger charge is 2.11. The number of carboxylic acid groups (broad SMARTS) is 1. The first kappa shape index (κ1) is 25.0. The zero-order chi connectivity index (χ0) is 25.3. The largest absolute Gasteiger partial charge is 0.477 e. The van der Waals surface area contributed by atoms with Gasteiger partial charge in [-0.1, -0.05) is 12.1 Å². The molecular formula is C27H29N5O4. The molecule has 3 heterocycles. The van der Waals surface area contributed by atoms with Crippen LogP contribution in [0.25, 0.3) is 11.0 Å². The molecule has 0 radical (unpaired) electrons. The fourth-order valence-electron chi connectivity index (χ4n) is 3.94. The molecule has 3 aromatic heterocycles. The predicted octanol–water partition coefficient (Wildman–Crippen LogP) is 3.29. The number of hydrogen-bond acceptors (Lipinski definition) is 8. The lowest BCUT2D eigenvalue weighted by molar-refractivity contribution is 0.0689. The first-order valence-electron chi connectivity index (χ1n) is 11.8. The maximum Gasteiger partial charge on any atom is 0.354 e. The number of benzene rings is 1. The summed E-state index contributed by atoms with van der Waals surface area (Å²) in [4.78, 5) is 33.8. The van der Waals surface area contributed by atoms with Crippen molar-refractivity contribution >= 4 is 22.6 Å². The number of aromatic nitrogens is 2. The molecule has 9 nitrogen and oxygen atoms in total. The molecule has 0 aliphatic carbocycles. The Morgan fingerprint density at radius 3 is 2.64 bits per heavy atom. The monoisotopic (exact) mass is 487 g/mol. The van der Waals surface area contributed by atoms with Crippen molar-refractivity contribution in [2.75, 3.05) is 31.5 Å². The zero-order valence-corrected chi connectivity index (χ0v) is 20.1. The Labute approximate surface area is 208 Å². The van der Waals surface area contributed by atoms with E-state index in [0.717, 1.165) is 42.0 Å². The van der Waals surface area contributed by atoms with E-state index in [1.54, 1.807) is 12.3 Å². The molecule has 0 fully saturated rings. The topological polar surface area (TPSA) is 121 Å². The van der Waals surface area contributed by atoms with Gasteiger partial charge in [-0.15, -0.1) is 0 Å². The fourth-order valence-corrected chi connectivity index (χ4v) is 3.94. The third kappa shape index (κ3) is 6.97. The van der Waals surface area contributed by atoms with E-state index >= 15 is 0 Å². The van der Waals surface area contributed by atoms with Gasteiger partial charge >= 0.3 is 11.6 Å². The highest BCUT2D eigenvalue weighted by molar-refractivity contribution is 5.85. The Hall–Kier alpha value is -4.08. The molecule has 0 bridgehead atoms. The Bertz CT molecular complexity index is 1370. The maximum absolute atomic E-state index is 11.6. The highest BCUT2D eigenvalue weighted by Crippen LogP contribution is 2.20. The first-order chi connectivity index (χ1) is 17.5. The van der Waals surface area contributed by atoms with Gasteiger partial charge in [0.05, 0.1) is 11.4 Å². The third-order valence-electron chi connectivity index (χ3n) is 5.71. The van der Waals surface area contributed by atoms with Crippen LogP contribution in [-0.4, -0.2) is 52.1 Å². The van der Waals surface area contributed by atoms with E-state index in [9.17, 15) is 14.7 Å². The fraction of sp³-hybridized carbons (Fsp3) is 0.259. The summed E-state index contributed by atoms with van der Waals surface area (Å²) in [6.45, 7) is 5.94. The van der Waals surface area contributed by atoms with Gasteiger partial charge in [0.1, 0.15) is 11.3 Å². The predicted molar refractivity (Wildman–Crippen MR) is 138 cm³/mol. The van der Waals surface area contributed by atoms with Gasteiger partial charge in [-0.3, -0.25) is 9.88 Å². The van der Waals surface area contributed by atoms with Crippen LogP contribution in [0.4, 0.5) is 5.69 Å². The molecule has 0 saturated heterocycles. The van der Waals surface area contributed by atoms with Crippen molar-refractivity contribution in [2.45, 2.75) is 20.0 Å². The van der Waals surface area contributed by atoms with Gasteiger partial charge in [0.2, 0.25) is 0 Å². The molecule has 3 N–H and O–H groups in total. The normalized spacial score (nSPS) is 11.2. The van der Waals surface area contributed by atoms with Crippen molar-refractivity contribution in [1.29, 1.82) is 0 Å². The maximum atomic E-state index is 11.6. The molecule has 0 unspecified atom stereocenters. The molecule has 0 aliphatic rings. The molecule has 0 aliphatic heterocycles. The van der Waals surface area contributed by atoms with Crippen LogP contribution < -0.4 is 16.3 Å². The third-order valence-corrected chi connectivity index (χ3v) is 5.71. The molecular weight excluding hydrogens is 458 g/mol. The standard InChI is InChI=1S/C27H29N5O4/c1-19-15-26(33)36-25-16-20(8-9-23(19)25)30-12-11-28-13-14-32(17-21-5-2-3-10-29-21)18-22-6-4-7-24(31-22)27(34)35/h2-10,15-16,28,30H,11-14,17-18H2,1H3,(H,34,35). The SMILES string of the molecule is Cc1cc(=O)oc2cc(NCCNCCN(Cc3ccccn3)Cc3cccc(C(=O)O)n3)ccc12. The number of hydrogen-bond donors (Lipinski definition) is 3. The van der Waals surface area contributed by atoms with E-state index in [2.05, 4.69) is 25.5 Å². The quantitative estimate of drug-likeness (QED) is 0.204. The van der Waals surface area contributed by atoms with Crippen molar-refractivity contribution < 1.29 is 14.3 Å². The smallest absolute Gasteiger partial charge is 0.354 e. The summed E-state index contributed by atoms with van der Waals surface area (Å²) >= 11 is 0. The van der Waals surface area contributed by atoms with Crippen LogP contribution in [0, 0.1) is 6.92 Å². The van der Waals surface area contributed by atoms with Crippen LogP contribution in [0.5, 0.6) is 0 Å². The van der Waals surface area contributed by atoms with Crippen molar-refractivity contribution in [1.82, 2.24) is 20.2 Å². The van der Waals surface area contributed by atoms with Gasteiger partial charge < -0.3 is 20.2 Å². The molecule has 4 aromatic rings. The van der Waals surface area contributed by atoms with Crippen molar-refractivity contribution in [2.24, 2.45) is 0 Å². The van der Waals surface area contributed by atoms with Gasteiger partial charge in [0.25, 0.3) is 0 Å². The molecule has 186 valence electrons. The summed E-state index contributed by atoms with van der Waals surface area (Å²) < 4.78 is 5.31. The number of aryl methyl sites for hydroxylation is 1. The zero-order valence-electron chi connectivity index (χ0n) is 20.1. The summed E-state index contributed by atoms with van der Waals surface area (Å²) in [5, 5.41) is 16.9. The Balaban J connectivity index is 1.29. The second-order valence-corrected chi connectivity index (χ2v) is 8.49. The molecule has 36 heavy (non-hydrogen) atoms. The lowest BCUT2D eigenvalue weighted by Crippen LogP contribution is -2.34. The van der Waals surface area contributed by atoms with Crippen molar-refractivity contribution in [3.8, 4) is 0 Å². The lowest BCUT2D eigenvalue weighted by atomic mass is 10.1. The second kappa shape index (κ2) is 12.1. The van der Waals surface area contributed by atoms with Crippen LogP contribution >= 0.6 is 0 Å². The second-order valence-electron chi connectivity index (χ2n) is 8.49. The number of nitrogens with zero attached hydrogens (tertiary/aromatic N) is 3. The van der Waals surface area contributed by atoms with Gasteiger partial charge in [-0.25, -0.2) is 14.6 Å². The van der Waals surface area contributed by atoms with E-state index in [4.69, 9.17) is 4.42 Å². The molecule has 0 amide bonds. The average Bonchev–Trinajstić information content (AvgIpc) is 2.86. The molecule has 0 saturated carbocycles. The van der Waals surface area contributed by atoms with E-state index in [0.29, 0.717) is 30.9 Å². The van der Waals surface area contributed by atoms with Crippen molar-refractivity contribution in [3.05, 3.63) is 99.9 Å². The summed E-state index contributed by atoms with van der Waals surface area (Å²) in [6, 6.07) is 18.1. The number of nitrogens with one attached hydrogen (secondary N) is 2. The van der Waals surface area contributed by atoms with Crippen LogP contribution in [0.1, 0.15) is 27.4 Å². The molecule has 9 heteroatoms. The van der Waals surface area contributed by atoms with Crippen LogP contribution in [0.15, 0.2) is 76.1 Å². The number of fused-ring (bicyclic) bond motifs is 1. The first-order valence-corrected chi connectivity index (χ1v) is 11.8. The van der Waals surface area contributed by atoms with E-state index in [1.807, 2.05) is 49.4 Å². The summed E-state index contributed by atoms with van der Waals surface area (Å²) in [7, 11) is 0. The number of carboxylic acids is 1. The molecule has 1 aromatic carbocycles. The molecule has 0 spiro atoms. The minimum absolute atomic E-state index is 0.0395. The van der Waals surface area contributed by atoms with Gasteiger partial charge in [-0.05, 0) is 48.9 Å². The Morgan fingerprint density at radius 2 is 1.83 bits per heavy atom. The van der Waals surface area contributed by atoms with E-state index < -0.39 is 5.97 Å². The Morgan fingerprint density at radius 1 is 1.00 bits per heavy atom. The van der Waals surface area contributed by atoms with Crippen LogP contribution in [0.2, 0.25) is 0 Å². The van der Waals surface area contributed by atoms with E-state index in [1.165, 1.54) is 12.1 Å². The number of pyridine rings is 2. The highest BCUT2D eigenvalue weighted by atomic mass is 16.4. The minimum atomic E-state index is -1.04. The number of aromatic carboxylic acids is 1. The van der Waals surface area contributed by atoms with Gasteiger partial charge in [0.15, 0.2) is 0 Å². The van der Waals surface area contributed by atoms with Crippen LogP contribution in [0.3, 0.4) is 0 Å². The minimum Gasteiger partial charge on any atom is -0.477 e. The van der Waals surface area contributed by atoms with Gasteiger partial charge in [-0.2, -0.15) is 0 Å². The number of anilines is 1. The number of rotatable bonds is 12. The summed E-state index contributed by atoms with van der Waals surface area (Å²) in [6.07, 6.45) is 1.76. The van der Waals surface area contributed by atoms with Crippen LogP contribution in [-0.2, 0) is 13.1 Å². The van der Waals surface area contributed by atoms with E-state index in [-0.39, 0.29) is 11.3 Å². The average molecular weight is 488 g/mol. The van der Waals surface area contributed by atoms with Crippen molar-refractivity contribution in [3.63, 3.8) is 0 Å². The lowest BCUT2D eigenvalue weighted by Gasteiger charge is -2.22. The van der Waals surface area contributed by atoms with Gasteiger partial charge in [0, 0.05) is 68.7 Å². The number of carbonyl (C=O) groups is 1. The Kier molecular flexibility index (Phi) is 8.38. The summed E-state index contributed by atoms with van der Waals surface area (Å²) in [5.74, 6) is -1.04. The molecule has 4 rings (SSSR count). The summed E-state index contributed by atoms with van der Waals surface area (Å²) in [5.41, 5.74) is 3.69. The molecule has 0 atom stereocenters.